The Bertz CT molecular complexity index is 580. The van der Waals surface area contributed by atoms with Crippen molar-refractivity contribution in [2.24, 2.45) is 7.05 Å². The zero-order valence-electron chi connectivity index (χ0n) is 9.78. The second-order valence-corrected chi connectivity index (χ2v) is 5.13. The maximum atomic E-state index is 12.0. The molecule has 0 fully saturated rings. The van der Waals surface area contributed by atoms with Gasteiger partial charge >= 0.3 is 0 Å². The van der Waals surface area contributed by atoms with Crippen molar-refractivity contribution < 1.29 is 4.79 Å². The van der Waals surface area contributed by atoms with E-state index in [1.807, 2.05) is 29.9 Å². The molecule has 0 aliphatic rings. The number of hydrogen-bond donors (Lipinski definition) is 1. The summed E-state index contributed by atoms with van der Waals surface area (Å²) < 4.78 is 2.68. The molecular formula is C13H12BrClN2O. The van der Waals surface area contributed by atoms with E-state index in [0.29, 0.717) is 17.1 Å². The lowest BCUT2D eigenvalue weighted by Crippen LogP contribution is -2.24. The van der Waals surface area contributed by atoms with E-state index < -0.39 is 0 Å². The van der Waals surface area contributed by atoms with Crippen molar-refractivity contribution in [3.05, 3.63) is 57.3 Å². The lowest BCUT2D eigenvalue weighted by molar-refractivity contribution is 0.0950. The number of carbonyl (C=O) groups is 1. The molecule has 5 heteroatoms. The van der Waals surface area contributed by atoms with E-state index in [2.05, 4.69) is 21.2 Å². The highest BCUT2D eigenvalue weighted by Crippen LogP contribution is 2.25. The van der Waals surface area contributed by atoms with Gasteiger partial charge in [-0.25, -0.2) is 0 Å². The molecule has 0 aliphatic carbocycles. The van der Waals surface area contributed by atoms with Crippen LogP contribution < -0.4 is 5.32 Å². The van der Waals surface area contributed by atoms with Gasteiger partial charge in [-0.05, 0) is 40.2 Å². The zero-order valence-corrected chi connectivity index (χ0v) is 12.1. The second kappa shape index (κ2) is 5.59. The third-order valence-corrected chi connectivity index (χ3v) is 3.97. The van der Waals surface area contributed by atoms with E-state index in [1.165, 1.54) is 0 Å². The van der Waals surface area contributed by atoms with Crippen LogP contribution in [0, 0.1) is 0 Å². The Labute approximate surface area is 119 Å². The van der Waals surface area contributed by atoms with Crippen molar-refractivity contribution in [1.29, 1.82) is 0 Å². The van der Waals surface area contributed by atoms with Crippen molar-refractivity contribution in [2.75, 3.05) is 0 Å². The first-order valence-electron chi connectivity index (χ1n) is 5.42. The average Bonchev–Trinajstić information content (AvgIpc) is 2.75. The number of carbonyl (C=O) groups excluding carboxylic acids is 1. The molecule has 0 saturated heterocycles. The van der Waals surface area contributed by atoms with Crippen molar-refractivity contribution in [3.63, 3.8) is 0 Å². The molecule has 0 spiro atoms. The third-order valence-electron chi connectivity index (χ3n) is 2.68. The van der Waals surface area contributed by atoms with Gasteiger partial charge in [0.1, 0.15) is 0 Å². The maximum absolute atomic E-state index is 12.0. The number of rotatable bonds is 3. The number of aromatic nitrogens is 1. The number of hydrogen-bond acceptors (Lipinski definition) is 1. The Hall–Kier alpha value is -1.26. The van der Waals surface area contributed by atoms with Crippen molar-refractivity contribution in [3.8, 4) is 0 Å². The van der Waals surface area contributed by atoms with Crippen LogP contribution in [0.15, 0.2) is 41.0 Å². The molecule has 3 nitrogen and oxygen atoms in total. The Morgan fingerprint density at radius 3 is 2.83 bits per heavy atom. The zero-order chi connectivity index (χ0) is 13.1. The largest absolute Gasteiger partial charge is 0.353 e. The smallest absolute Gasteiger partial charge is 0.253 e. The molecule has 0 atom stereocenters. The van der Waals surface area contributed by atoms with E-state index in [1.54, 1.807) is 18.2 Å². The van der Waals surface area contributed by atoms with Crippen LogP contribution in [0.3, 0.4) is 0 Å². The first kappa shape index (κ1) is 13.2. The van der Waals surface area contributed by atoms with Gasteiger partial charge in [0.2, 0.25) is 0 Å². The predicted octanol–water partition coefficient (Wildman–Crippen LogP) is 3.37. The number of amides is 1. The molecule has 0 radical (unpaired) electrons. The van der Waals surface area contributed by atoms with Gasteiger partial charge in [0.15, 0.2) is 0 Å². The quantitative estimate of drug-likeness (QED) is 0.921. The number of benzene rings is 1. The van der Waals surface area contributed by atoms with Crippen LogP contribution >= 0.6 is 27.5 Å². The Morgan fingerprint density at radius 1 is 1.39 bits per heavy atom. The van der Waals surface area contributed by atoms with Gasteiger partial charge in [0.05, 0.1) is 17.1 Å². The van der Waals surface area contributed by atoms with Crippen LogP contribution in [0.1, 0.15) is 16.1 Å². The molecule has 0 aliphatic heterocycles. The molecule has 2 aromatic rings. The number of nitrogens with zero attached hydrogens (tertiary/aromatic N) is 1. The molecule has 0 bridgehead atoms. The molecule has 1 N–H and O–H groups in total. The minimum Gasteiger partial charge on any atom is -0.353 e. The van der Waals surface area contributed by atoms with Crippen LogP contribution in [0.4, 0.5) is 0 Å². The lowest BCUT2D eigenvalue weighted by Gasteiger charge is -2.08. The second-order valence-electron chi connectivity index (χ2n) is 3.89. The fourth-order valence-corrected chi connectivity index (χ4v) is 2.20. The standard InChI is InChI=1S/C13H12BrClN2O/c1-17-7-3-4-9(17)8-16-13(18)10-5-2-6-11(14)12(10)15/h2-7H,8H2,1H3,(H,16,18). The van der Waals surface area contributed by atoms with Gasteiger partial charge < -0.3 is 9.88 Å². The SMILES string of the molecule is Cn1cccc1CNC(=O)c1cccc(Br)c1Cl. The fraction of sp³-hybridized carbons (Fsp3) is 0.154. The highest BCUT2D eigenvalue weighted by Gasteiger charge is 2.12. The van der Waals surface area contributed by atoms with E-state index in [4.69, 9.17) is 11.6 Å². The summed E-state index contributed by atoms with van der Waals surface area (Å²) in [5.74, 6) is -0.178. The van der Waals surface area contributed by atoms with Crippen molar-refractivity contribution in [2.45, 2.75) is 6.54 Å². The lowest BCUT2D eigenvalue weighted by atomic mass is 10.2. The summed E-state index contributed by atoms with van der Waals surface area (Å²) in [5, 5.41) is 3.28. The molecule has 0 unspecified atom stereocenters. The van der Waals surface area contributed by atoms with Gasteiger partial charge in [-0.1, -0.05) is 17.7 Å². The van der Waals surface area contributed by atoms with Crippen LogP contribution in [0.5, 0.6) is 0 Å². The Morgan fingerprint density at radius 2 is 2.17 bits per heavy atom. The molecule has 0 saturated carbocycles. The van der Waals surface area contributed by atoms with Gasteiger partial charge in [-0.3, -0.25) is 4.79 Å². The predicted molar refractivity (Wildman–Crippen MR) is 75.7 cm³/mol. The summed E-state index contributed by atoms with van der Waals surface area (Å²) in [6.45, 7) is 0.477. The monoisotopic (exact) mass is 326 g/mol. The Balaban J connectivity index is 2.09. The van der Waals surface area contributed by atoms with Gasteiger partial charge in [0, 0.05) is 23.4 Å². The third kappa shape index (κ3) is 2.76. The Kier molecular flexibility index (Phi) is 4.09. The summed E-state index contributed by atoms with van der Waals surface area (Å²) in [6, 6.07) is 9.19. The van der Waals surface area contributed by atoms with E-state index in [0.717, 1.165) is 10.2 Å². The highest BCUT2D eigenvalue weighted by molar-refractivity contribution is 9.10. The highest BCUT2D eigenvalue weighted by atomic mass is 79.9. The molecule has 1 aromatic heterocycles. The van der Waals surface area contributed by atoms with Crippen molar-refractivity contribution in [1.82, 2.24) is 9.88 Å². The van der Waals surface area contributed by atoms with Crippen LogP contribution in [-0.2, 0) is 13.6 Å². The van der Waals surface area contributed by atoms with Crippen LogP contribution in [0.25, 0.3) is 0 Å². The minimum absolute atomic E-state index is 0.178. The molecule has 1 aromatic carbocycles. The number of aryl methyl sites for hydroxylation is 1. The summed E-state index contributed by atoms with van der Waals surface area (Å²) >= 11 is 9.37. The average molecular weight is 328 g/mol. The molecule has 2 rings (SSSR count). The maximum Gasteiger partial charge on any atom is 0.253 e. The summed E-state index contributed by atoms with van der Waals surface area (Å²) in [4.78, 5) is 12.0. The summed E-state index contributed by atoms with van der Waals surface area (Å²) in [7, 11) is 1.94. The van der Waals surface area contributed by atoms with Gasteiger partial charge in [0.25, 0.3) is 5.91 Å². The fourth-order valence-electron chi connectivity index (χ4n) is 1.63. The van der Waals surface area contributed by atoms with Crippen LogP contribution in [-0.4, -0.2) is 10.5 Å². The molecule has 94 valence electrons. The van der Waals surface area contributed by atoms with E-state index >= 15 is 0 Å². The normalized spacial score (nSPS) is 10.4. The number of nitrogens with one attached hydrogen (secondary N) is 1. The topological polar surface area (TPSA) is 34.0 Å². The molecule has 18 heavy (non-hydrogen) atoms. The first-order valence-corrected chi connectivity index (χ1v) is 6.59. The minimum atomic E-state index is -0.178. The van der Waals surface area contributed by atoms with Gasteiger partial charge in [-0.15, -0.1) is 0 Å². The molecular weight excluding hydrogens is 316 g/mol. The first-order chi connectivity index (χ1) is 8.59. The molecule has 1 heterocycles. The number of halogens is 2. The molecule has 1 amide bonds. The van der Waals surface area contributed by atoms with E-state index in [9.17, 15) is 4.79 Å². The summed E-state index contributed by atoms with van der Waals surface area (Å²) in [5.41, 5.74) is 1.51. The van der Waals surface area contributed by atoms with E-state index in [-0.39, 0.29) is 5.91 Å². The van der Waals surface area contributed by atoms with Crippen molar-refractivity contribution >= 4 is 33.4 Å². The van der Waals surface area contributed by atoms with Crippen LogP contribution in [0.2, 0.25) is 5.02 Å². The summed E-state index contributed by atoms with van der Waals surface area (Å²) in [6.07, 6.45) is 1.94. The van der Waals surface area contributed by atoms with Gasteiger partial charge in [-0.2, -0.15) is 0 Å².